The van der Waals surface area contributed by atoms with Gasteiger partial charge in [-0.3, -0.25) is 14.7 Å². The second-order valence-corrected chi connectivity index (χ2v) is 7.69. The van der Waals surface area contributed by atoms with Crippen LogP contribution in [0.15, 0.2) is 24.4 Å². The van der Waals surface area contributed by atoms with Crippen LogP contribution in [0.3, 0.4) is 0 Å². The molecule has 5 nitrogen and oxygen atoms in total. The Balaban J connectivity index is 1.45. The van der Waals surface area contributed by atoms with Gasteiger partial charge in [0.1, 0.15) is 0 Å². The number of pyridine rings is 1. The zero-order valence-corrected chi connectivity index (χ0v) is 15.6. The zero-order chi connectivity index (χ0) is 17.7. The fourth-order valence-corrected chi connectivity index (χ4v) is 4.06. The molecule has 0 aliphatic carbocycles. The maximum absolute atomic E-state index is 12.2. The highest BCUT2D eigenvalue weighted by Crippen LogP contribution is 2.38. The first-order chi connectivity index (χ1) is 12.1. The number of ether oxygens (including phenoxy) is 1. The van der Waals surface area contributed by atoms with Crippen LogP contribution in [0.25, 0.3) is 0 Å². The number of nitrogens with zero attached hydrogens (tertiary/aromatic N) is 3. The van der Waals surface area contributed by atoms with Crippen molar-refractivity contribution in [2.24, 2.45) is 5.92 Å². The summed E-state index contributed by atoms with van der Waals surface area (Å²) in [6.07, 6.45) is 6.89. The number of carbonyl (C=O) groups excluding carboxylic acids is 1. The molecular weight excluding hydrogens is 314 g/mol. The molecule has 1 aromatic heterocycles. The van der Waals surface area contributed by atoms with Crippen LogP contribution in [0, 0.1) is 5.92 Å². The zero-order valence-electron chi connectivity index (χ0n) is 15.6. The predicted molar refractivity (Wildman–Crippen MR) is 98.1 cm³/mol. The van der Waals surface area contributed by atoms with Crippen molar-refractivity contribution < 1.29 is 9.53 Å². The van der Waals surface area contributed by atoms with Crippen molar-refractivity contribution >= 4 is 5.91 Å². The molecule has 2 aliphatic heterocycles. The van der Waals surface area contributed by atoms with Crippen LogP contribution in [0.5, 0.6) is 0 Å². The van der Waals surface area contributed by atoms with E-state index < -0.39 is 0 Å². The molecule has 2 fully saturated rings. The van der Waals surface area contributed by atoms with E-state index in [0.717, 1.165) is 51.2 Å². The predicted octanol–water partition coefficient (Wildman–Crippen LogP) is 2.71. The van der Waals surface area contributed by atoms with Crippen molar-refractivity contribution in [1.82, 2.24) is 14.8 Å². The van der Waals surface area contributed by atoms with E-state index in [1.54, 1.807) is 0 Å². The molecule has 25 heavy (non-hydrogen) atoms. The lowest BCUT2D eigenvalue weighted by Crippen LogP contribution is -2.72. The summed E-state index contributed by atoms with van der Waals surface area (Å²) >= 11 is 0. The minimum atomic E-state index is 0.180. The first kappa shape index (κ1) is 18.3. The molecule has 0 unspecified atom stereocenters. The summed E-state index contributed by atoms with van der Waals surface area (Å²) in [6, 6.07) is 5.92. The van der Waals surface area contributed by atoms with Crippen LogP contribution in [0.2, 0.25) is 0 Å². The lowest BCUT2D eigenvalue weighted by Gasteiger charge is -2.58. The number of piperidine rings is 1. The van der Waals surface area contributed by atoms with E-state index in [1.807, 2.05) is 29.3 Å². The van der Waals surface area contributed by atoms with E-state index in [4.69, 9.17) is 4.74 Å². The lowest BCUT2D eigenvalue weighted by atomic mass is 9.75. The van der Waals surface area contributed by atoms with Gasteiger partial charge in [0.15, 0.2) is 0 Å². The molecule has 1 aromatic rings. The van der Waals surface area contributed by atoms with Gasteiger partial charge in [-0.15, -0.1) is 0 Å². The molecule has 0 bridgehead atoms. The normalized spacial score (nSPS) is 22.8. The molecule has 138 valence electrons. The average Bonchev–Trinajstić information content (AvgIpc) is 2.60. The fourth-order valence-electron chi connectivity index (χ4n) is 4.06. The van der Waals surface area contributed by atoms with Gasteiger partial charge in [0.2, 0.25) is 5.91 Å². The summed E-state index contributed by atoms with van der Waals surface area (Å²) in [5.41, 5.74) is 1.17. The number of carbonyl (C=O) groups is 1. The maximum Gasteiger partial charge on any atom is 0.222 e. The summed E-state index contributed by atoms with van der Waals surface area (Å²) in [7, 11) is 2.21. The van der Waals surface area contributed by atoms with Crippen molar-refractivity contribution in [3.05, 3.63) is 30.1 Å². The molecule has 2 saturated heterocycles. The third kappa shape index (κ3) is 4.39. The number of aromatic nitrogens is 1. The Morgan fingerprint density at radius 1 is 1.40 bits per heavy atom. The average molecular weight is 345 g/mol. The van der Waals surface area contributed by atoms with Crippen molar-refractivity contribution in [1.29, 1.82) is 0 Å². The van der Waals surface area contributed by atoms with E-state index in [-0.39, 0.29) is 5.54 Å². The quantitative estimate of drug-likeness (QED) is 0.762. The van der Waals surface area contributed by atoms with Crippen LogP contribution in [0.4, 0.5) is 0 Å². The number of amides is 1. The van der Waals surface area contributed by atoms with Crippen LogP contribution in [0.1, 0.15) is 44.7 Å². The van der Waals surface area contributed by atoms with Crippen LogP contribution in [-0.4, -0.2) is 59.5 Å². The molecule has 5 heteroatoms. The van der Waals surface area contributed by atoms with E-state index in [9.17, 15) is 4.79 Å². The lowest BCUT2D eigenvalue weighted by molar-refractivity contribution is -0.151. The van der Waals surface area contributed by atoms with Gasteiger partial charge in [0.05, 0.1) is 24.4 Å². The van der Waals surface area contributed by atoms with E-state index in [2.05, 4.69) is 23.9 Å². The number of unbranched alkanes of at least 4 members (excludes halogenated alkanes) is 1. The third-order valence-electron chi connectivity index (χ3n) is 5.75. The first-order valence-electron chi connectivity index (χ1n) is 9.59. The summed E-state index contributed by atoms with van der Waals surface area (Å²) in [5.74, 6) is 0.905. The van der Waals surface area contributed by atoms with E-state index in [0.29, 0.717) is 24.9 Å². The second kappa shape index (κ2) is 8.28. The molecule has 1 amide bonds. The Labute approximate surface area is 151 Å². The molecule has 0 aromatic carbocycles. The van der Waals surface area contributed by atoms with E-state index >= 15 is 0 Å². The van der Waals surface area contributed by atoms with Crippen LogP contribution in [-0.2, 0) is 16.1 Å². The molecule has 0 saturated carbocycles. The van der Waals surface area contributed by atoms with Crippen molar-refractivity contribution in [2.45, 2.75) is 51.2 Å². The number of hydrogen-bond acceptors (Lipinski definition) is 4. The summed E-state index contributed by atoms with van der Waals surface area (Å²) in [6.45, 7) is 6.38. The van der Waals surface area contributed by atoms with Gasteiger partial charge in [0.25, 0.3) is 0 Å². The topological polar surface area (TPSA) is 45.7 Å². The second-order valence-electron chi connectivity index (χ2n) is 7.69. The Morgan fingerprint density at radius 3 is 2.96 bits per heavy atom. The SMILES string of the molecule is CCCCC(=O)N1CC2(C[C@H](COCc3ccccn3)CCN2C)C1. The van der Waals surface area contributed by atoms with Gasteiger partial charge >= 0.3 is 0 Å². The summed E-state index contributed by atoms with van der Waals surface area (Å²) in [5, 5.41) is 0. The van der Waals surface area contributed by atoms with Gasteiger partial charge in [-0.2, -0.15) is 0 Å². The van der Waals surface area contributed by atoms with Gasteiger partial charge in [-0.25, -0.2) is 0 Å². The third-order valence-corrected chi connectivity index (χ3v) is 5.75. The number of likely N-dealkylation sites (tertiary alicyclic amines) is 2. The monoisotopic (exact) mass is 345 g/mol. The Bertz CT molecular complexity index is 557. The van der Waals surface area contributed by atoms with Gasteiger partial charge in [0, 0.05) is 25.7 Å². The number of likely N-dealkylation sites (N-methyl/N-ethyl adjacent to an activating group) is 1. The Morgan fingerprint density at radius 2 is 2.24 bits per heavy atom. The summed E-state index contributed by atoms with van der Waals surface area (Å²) in [4.78, 5) is 21.0. The largest absolute Gasteiger partial charge is 0.375 e. The van der Waals surface area contributed by atoms with Gasteiger partial charge in [-0.1, -0.05) is 19.4 Å². The van der Waals surface area contributed by atoms with Crippen LogP contribution >= 0.6 is 0 Å². The van der Waals surface area contributed by atoms with Gasteiger partial charge in [-0.05, 0) is 50.9 Å². The van der Waals surface area contributed by atoms with Crippen LogP contribution < -0.4 is 0 Å². The molecule has 2 aliphatic rings. The molecular formula is C20H31N3O2. The molecule has 0 N–H and O–H groups in total. The molecule has 1 spiro atoms. The van der Waals surface area contributed by atoms with Crippen molar-refractivity contribution in [2.75, 3.05) is 33.3 Å². The Kier molecular flexibility index (Phi) is 6.07. The molecule has 3 rings (SSSR count). The highest BCUT2D eigenvalue weighted by molar-refractivity contribution is 5.77. The molecule has 3 heterocycles. The molecule has 0 radical (unpaired) electrons. The standard InChI is InChI=1S/C20H31N3O2/c1-3-4-8-19(24)23-15-20(16-23)12-17(9-11-22(20)2)13-25-14-18-7-5-6-10-21-18/h5-7,10,17H,3-4,8-9,11-16H2,1-2H3/t17-/m1/s1. The van der Waals surface area contributed by atoms with Gasteiger partial charge < -0.3 is 9.64 Å². The van der Waals surface area contributed by atoms with E-state index in [1.165, 1.54) is 6.42 Å². The van der Waals surface area contributed by atoms with Crippen molar-refractivity contribution in [3.8, 4) is 0 Å². The molecule has 1 atom stereocenters. The minimum absolute atomic E-state index is 0.180. The summed E-state index contributed by atoms with van der Waals surface area (Å²) < 4.78 is 5.92. The number of rotatable bonds is 7. The smallest absolute Gasteiger partial charge is 0.222 e. The fraction of sp³-hybridized carbons (Fsp3) is 0.700. The highest BCUT2D eigenvalue weighted by atomic mass is 16.5. The van der Waals surface area contributed by atoms with Crippen molar-refractivity contribution in [3.63, 3.8) is 0 Å². The Hall–Kier alpha value is -1.46. The number of hydrogen-bond donors (Lipinski definition) is 0. The first-order valence-corrected chi connectivity index (χ1v) is 9.59. The minimum Gasteiger partial charge on any atom is -0.375 e. The maximum atomic E-state index is 12.2. The highest BCUT2D eigenvalue weighted by Gasteiger charge is 2.50.